The molecule has 0 saturated heterocycles. The molecule has 62 valence electrons. The highest BCUT2D eigenvalue weighted by Gasteiger charge is 2.04. The van der Waals surface area contributed by atoms with Gasteiger partial charge in [0, 0.05) is 13.6 Å². The van der Waals surface area contributed by atoms with Gasteiger partial charge in [0.05, 0.1) is 12.4 Å². The highest BCUT2D eigenvalue weighted by atomic mass is 15.2. The Morgan fingerprint density at radius 3 is 2.09 bits per heavy atom. The quantitative estimate of drug-likeness (QED) is 0.522. The summed E-state index contributed by atoms with van der Waals surface area (Å²) >= 11 is 0. The fraction of sp³-hybridized carbons (Fsp3) is 0.444. The van der Waals surface area contributed by atoms with Crippen LogP contribution in [0.5, 0.6) is 0 Å². The van der Waals surface area contributed by atoms with Crippen molar-refractivity contribution >= 4 is 5.84 Å². The summed E-state index contributed by atoms with van der Waals surface area (Å²) in [4.78, 5) is 6.31. The lowest BCUT2D eigenvalue weighted by Gasteiger charge is -2.07. The fourth-order valence-electron chi connectivity index (χ4n) is 0.644. The topological polar surface area (TPSA) is 15.6 Å². The summed E-state index contributed by atoms with van der Waals surface area (Å²) in [5, 5.41) is 0. The molecule has 0 radical (unpaired) electrons. The summed E-state index contributed by atoms with van der Waals surface area (Å²) in [5.41, 5.74) is 0. The molecule has 0 aromatic carbocycles. The second-order valence-electron chi connectivity index (χ2n) is 2.32. The highest BCUT2D eigenvalue weighted by Crippen LogP contribution is 1.94. The van der Waals surface area contributed by atoms with Gasteiger partial charge in [0.2, 0.25) is 0 Å². The molecule has 0 unspecified atom stereocenters. The number of aliphatic imine (C=N–C) groups is 1. The molecular weight excluding hydrogens is 136 g/mol. The van der Waals surface area contributed by atoms with E-state index in [1.807, 2.05) is 6.92 Å². The van der Waals surface area contributed by atoms with Gasteiger partial charge in [-0.05, 0) is 6.92 Å². The minimum Gasteiger partial charge on any atom is -0.362 e. The van der Waals surface area contributed by atoms with Gasteiger partial charge in [-0.2, -0.15) is 0 Å². The van der Waals surface area contributed by atoms with Crippen molar-refractivity contribution in [1.82, 2.24) is 4.90 Å². The van der Waals surface area contributed by atoms with Crippen LogP contribution in [-0.4, -0.2) is 30.9 Å². The summed E-state index contributed by atoms with van der Waals surface area (Å²) in [6.45, 7) is 10.8. The SMILES string of the molecule is C=CC=C.CC1=NCCN1C. The minimum atomic E-state index is 0.988. The zero-order valence-electron chi connectivity index (χ0n) is 7.38. The van der Waals surface area contributed by atoms with Gasteiger partial charge < -0.3 is 4.90 Å². The zero-order chi connectivity index (χ0) is 8.69. The summed E-state index contributed by atoms with van der Waals surface area (Å²) in [5.74, 6) is 1.17. The third kappa shape index (κ3) is 4.37. The maximum Gasteiger partial charge on any atom is 0.0956 e. The number of allylic oxidation sites excluding steroid dienone is 2. The largest absolute Gasteiger partial charge is 0.362 e. The predicted molar refractivity (Wildman–Crippen MR) is 51.0 cm³/mol. The normalized spacial score (nSPS) is 14.7. The van der Waals surface area contributed by atoms with E-state index < -0.39 is 0 Å². The molecule has 2 nitrogen and oxygen atoms in total. The first-order valence-corrected chi connectivity index (χ1v) is 3.68. The van der Waals surface area contributed by atoms with E-state index in [1.54, 1.807) is 12.2 Å². The molecule has 0 N–H and O–H groups in total. The summed E-state index contributed by atoms with van der Waals surface area (Å²) in [6.07, 6.45) is 3.28. The maximum absolute atomic E-state index is 4.16. The van der Waals surface area contributed by atoms with E-state index >= 15 is 0 Å². The third-order valence-electron chi connectivity index (χ3n) is 1.50. The van der Waals surface area contributed by atoms with Crippen LogP contribution >= 0.6 is 0 Å². The first kappa shape index (κ1) is 9.95. The molecule has 0 fully saturated rings. The maximum atomic E-state index is 4.16. The van der Waals surface area contributed by atoms with Crippen molar-refractivity contribution in [2.45, 2.75) is 6.92 Å². The smallest absolute Gasteiger partial charge is 0.0956 e. The van der Waals surface area contributed by atoms with Gasteiger partial charge in [0.25, 0.3) is 0 Å². The van der Waals surface area contributed by atoms with E-state index in [-0.39, 0.29) is 0 Å². The highest BCUT2D eigenvalue weighted by molar-refractivity contribution is 5.80. The molecule has 0 aromatic heterocycles. The molecule has 0 aliphatic carbocycles. The molecule has 1 heterocycles. The summed E-state index contributed by atoms with van der Waals surface area (Å²) in [6, 6.07) is 0. The Balaban J connectivity index is 0.000000218. The van der Waals surface area contributed by atoms with E-state index in [2.05, 4.69) is 30.1 Å². The van der Waals surface area contributed by atoms with Crippen molar-refractivity contribution < 1.29 is 0 Å². The summed E-state index contributed by atoms with van der Waals surface area (Å²) < 4.78 is 0. The summed E-state index contributed by atoms with van der Waals surface area (Å²) in [7, 11) is 2.06. The van der Waals surface area contributed by atoms with Crippen LogP contribution < -0.4 is 0 Å². The van der Waals surface area contributed by atoms with Crippen LogP contribution in [0.4, 0.5) is 0 Å². The molecule has 1 rings (SSSR count). The first-order chi connectivity index (χ1) is 5.22. The number of rotatable bonds is 1. The molecule has 0 bridgehead atoms. The van der Waals surface area contributed by atoms with Crippen molar-refractivity contribution in [3.8, 4) is 0 Å². The van der Waals surface area contributed by atoms with Gasteiger partial charge in [0.1, 0.15) is 0 Å². The number of hydrogen-bond acceptors (Lipinski definition) is 2. The Kier molecular flexibility index (Phi) is 5.17. The van der Waals surface area contributed by atoms with Crippen LogP contribution in [0.1, 0.15) is 6.92 Å². The van der Waals surface area contributed by atoms with E-state index in [0.29, 0.717) is 0 Å². The van der Waals surface area contributed by atoms with Crippen LogP contribution in [0.25, 0.3) is 0 Å². The van der Waals surface area contributed by atoms with Crippen molar-refractivity contribution in [3.05, 3.63) is 25.3 Å². The fourth-order valence-corrected chi connectivity index (χ4v) is 0.644. The van der Waals surface area contributed by atoms with Gasteiger partial charge in [-0.25, -0.2) is 0 Å². The van der Waals surface area contributed by atoms with E-state index in [9.17, 15) is 0 Å². The number of likely N-dealkylation sites (N-methyl/N-ethyl adjacent to an activating group) is 1. The van der Waals surface area contributed by atoms with Crippen molar-refractivity contribution in [1.29, 1.82) is 0 Å². The molecule has 0 saturated carbocycles. The molecule has 0 atom stereocenters. The Morgan fingerprint density at radius 1 is 1.45 bits per heavy atom. The third-order valence-corrected chi connectivity index (χ3v) is 1.50. The zero-order valence-corrected chi connectivity index (χ0v) is 7.38. The second kappa shape index (κ2) is 5.71. The number of amidine groups is 1. The lowest BCUT2D eigenvalue weighted by atomic mass is 10.6. The Hall–Kier alpha value is -1.05. The standard InChI is InChI=1S/C5H10N2.C4H6/c1-5-6-3-4-7(5)2;1-3-4-2/h3-4H2,1-2H3;3-4H,1-2H2. The Morgan fingerprint density at radius 2 is 2.00 bits per heavy atom. The van der Waals surface area contributed by atoms with Crippen LogP contribution in [-0.2, 0) is 0 Å². The van der Waals surface area contributed by atoms with Crippen LogP contribution in [0.2, 0.25) is 0 Å². The van der Waals surface area contributed by atoms with Crippen LogP contribution in [0, 0.1) is 0 Å². The van der Waals surface area contributed by atoms with Crippen molar-refractivity contribution in [2.75, 3.05) is 20.1 Å². The molecular formula is C9H16N2. The Labute approximate surface area is 68.9 Å². The van der Waals surface area contributed by atoms with Crippen LogP contribution in [0.15, 0.2) is 30.3 Å². The lowest BCUT2D eigenvalue weighted by molar-refractivity contribution is 0.553. The Bertz CT molecular complexity index is 153. The average Bonchev–Trinajstić information content (AvgIpc) is 2.37. The lowest BCUT2D eigenvalue weighted by Crippen LogP contribution is -2.19. The molecule has 0 amide bonds. The van der Waals surface area contributed by atoms with Crippen molar-refractivity contribution in [2.24, 2.45) is 4.99 Å². The molecule has 0 spiro atoms. The predicted octanol–water partition coefficient (Wildman–Crippen LogP) is 1.71. The average molecular weight is 152 g/mol. The van der Waals surface area contributed by atoms with Gasteiger partial charge in [-0.15, -0.1) is 0 Å². The van der Waals surface area contributed by atoms with E-state index in [1.165, 1.54) is 5.84 Å². The van der Waals surface area contributed by atoms with Gasteiger partial charge in [0.15, 0.2) is 0 Å². The molecule has 2 heteroatoms. The van der Waals surface area contributed by atoms with Gasteiger partial charge in [-0.3, -0.25) is 4.99 Å². The van der Waals surface area contributed by atoms with E-state index in [0.717, 1.165) is 13.1 Å². The van der Waals surface area contributed by atoms with Gasteiger partial charge in [-0.1, -0.05) is 25.3 Å². The van der Waals surface area contributed by atoms with Crippen LogP contribution in [0.3, 0.4) is 0 Å². The number of hydrogen-bond donors (Lipinski definition) is 0. The minimum absolute atomic E-state index is 0.988. The second-order valence-corrected chi connectivity index (χ2v) is 2.32. The van der Waals surface area contributed by atoms with Gasteiger partial charge >= 0.3 is 0 Å². The van der Waals surface area contributed by atoms with E-state index in [4.69, 9.17) is 0 Å². The number of nitrogens with zero attached hydrogens (tertiary/aromatic N) is 2. The molecule has 0 aromatic rings. The molecule has 1 aliphatic rings. The first-order valence-electron chi connectivity index (χ1n) is 3.68. The molecule has 1 aliphatic heterocycles. The van der Waals surface area contributed by atoms with Crippen molar-refractivity contribution in [3.63, 3.8) is 0 Å². The molecule has 11 heavy (non-hydrogen) atoms. The monoisotopic (exact) mass is 152 g/mol.